The number of nitrogens with two attached hydrogens (primary N) is 1. The first-order chi connectivity index (χ1) is 13.4. The molecule has 0 spiro atoms. The van der Waals surface area contributed by atoms with Crippen LogP contribution in [0.4, 0.5) is 4.79 Å². The lowest BCUT2D eigenvalue weighted by Crippen LogP contribution is -2.54. The Bertz CT molecular complexity index is 745. The predicted molar refractivity (Wildman–Crippen MR) is 106 cm³/mol. The zero-order chi connectivity index (χ0) is 22.2. The third kappa shape index (κ3) is 9.29. The van der Waals surface area contributed by atoms with Gasteiger partial charge in [-0.2, -0.15) is 0 Å². The van der Waals surface area contributed by atoms with E-state index < -0.39 is 48.0 Å². The van der Waals surface area contributed by atoms with Gasteiger partial charge in [0.2, 0.25) is 11.8 Å². The van der Waals surface area contributed by atoms with Gasteiger partial charge in [-0.05, 0) is 38.5 Å². The van der Waals surface area contributed by atoms with Crippen LogP contribution >= 0.6 is 11.6 Å². The number of amides is 3. The van der Waals surface area contributed by atoms with E-state index in [4.69, 9.17) is 26.8 Å². The van der Waals surface area contributed by atoms with Gasteiger partial charge in [-0.15, -0.1) is 0 Å². The van der Waals surface area contributed by atoms with Gasteiger partial charge in [0.1, 0.15) is 17.7 Å². The summed E-state index contributed by atoms with van der Waals surface area (Å²) in [5.74, 6) is -2.28. The Morgan fingerprint density at radius 2 is 1.66 bits per heavy atom. The average Bonchev–Trinajstić information content (AvgIpc) is 2.59. The molecule has 160 valence electrons. The van der Waals surface area contributed by atoms with Gasteiger partial charge >= 0.3 is 12.1 Å². The Labute approximate surface area is 174 Å². The molecule has 0 saturated heterocycles. The van der Waals surface area contributed by atoms with Gasteiger partial charge in [0.05, 0.1) is 13.5 Å². The van der Waals surface area contributed by atoms with Crippen LogP contribution in [0.1, 0.15) is 32.8 Å². The van der Waals surface area contributed by atoms with Gasteiger partial charge in [-0.25, -0.2) is 9.59 Å². The van der Waals surface area contributed by atoms with Crippen molar-refractivity contribution in [2.24, 2.45) is 5.73 Å². The number of nitrogens with one attached hydrogen (secondary N) is 2. The molecule has 0 saturated carbocycles. The quantitative estimate of drug-likeness (QED) is 0.535. The number of hydrogen-bond acceptors (Lipinski definition) is 6. The molecule has 0 aliphatic heterocycles. The smallest absolute Gasteiger partial charge is 0.408 e. The van der Waals surface area contributed by atoms with Gasteiger partial charge in [0, 0.05) is 11.4 Å². The van der Waals surface area contributed by atoms with Crippen LogP contribution in [-0.2, 0) is 30.3 Å². The summed E-state index contributed by atoms with van der Waals surface area (Å²) < 4.78 is 9.83. The topological polar surface area (TPSA) is 137 Å². The van der Waals surface area contributed by atoms with Crippen molar-refractivity contribution < 1.29 is 28.7 Å². The normalized spacial score (nSPS) is 13.0. The maximum atomic E-state index is 12.6. The van der Waals surface area contributed by atoms with Crippen molar-refractivity contribution in [1.29, 1.82) is 0 Å². The highest BCUT2D eigenvalue weighted by Crippen LogP contribution is 2.12. The third-order valence-electron chi connectivity index (χ3n) is 3.57. The van der Waals surface area contributed by atoms with Crippen molar-refractivity contribution in [2.75, 3.05) is 7.11 Å². The number of hydrogen-bond donors (Lipinski definition) is 3. The standard InChI is InChI=1S/C19H26ClN3O6/c1-19(2,3)29-18(27)23-13(10-15(21)24)16(25)22-14(17(26)28-4)9-11-5-7-12(20)8-6-11/h5-8,13-14H,9-10H2,1-4H3,(H2,21,24)(H,22,25)(H,23,27)/t13-,14-/m0/s1. The van der Waals surface area contributed by atoms with Crippen molar-refractivity contribution in [3.8, 4) is 0 Å². The van der Waals surface area contributed by atoms with Crippen LogP contribution in [0.25, 0.3) is 0 Å². The molecule has 9 nitrogen and oxygen atoms in total. The Morgan fingerprint density at radius 1 is 1.07 bits per heavy atom. The van der Waals surface area contributed by atoms with E-state index in [9.17, 15) is 19.2 Å². The average molecular weight is 428 g/mol. The zero-order valence-electron chi connectivity index (χ0n) is 16.8. The lowest BCUT2D eigenvalue weighted by atomic mass is 10.0. The molecule has 3 amide bonds. The van der Waals surface area contributed by atoms with Crippen molar-refractivity contribution in [2.45, 2.75) is 51.3 Å². The Kier molecular flexibility index (Phi) is 8.90. The van der Waals surface area contributed by atoms with Crippen molar-refractivity contribution >= 4 is 35.5 Å². The Balaban J connectivity index is 2.92. The number of carbonyl (C=O) groups excluding carboxylic acids is 4. The molecule has 1 rings (SSSR count). The summed E-state index contributed by atoms with van der Waals surface area (Å²) in [4.78, 5) is 48.1. The number of methoxy groups -OCH3 is 1. The maximum Gasteiger partial charge on any atom is 0.408 e. The number of carbonyl (C=O) groups is 4. The first-order valence-corrected chi connectivity index (χ1v) is 9.19. The Morgan fingerprint density at radius 3 is 2.14 bits per heavy atom. The molecule has 10 heteroatoms. The molecule has 0 bridgehead atoms. The van der Waals surface area contributed by atoms with Gasteiger partial charge < -0.3 is 25.8 Å². The predicted octanol–water partition coefficient (Wildman–Crippen LogP) is 1.31. The SMILES string of the molecule is COC(=O)[C@H](Cc1ccc(Cl)cc1)NC(=O)[C@H](CC(N)=O)NC(=O)OC(C)(C)C. The summed E-state index contributed by atoms with van der Waals surface area (Å²) in [5, 5.41) is 5.30. The fourth-order valence-corrected chi connectivity index (χ4v) is 2.45. The van der Waals surface area contributed by atoms with Crippen LogP contribution in [0.3, 0.4) is 0 Å². The summed E-state index contributed by atoms with van der Waals surface area (Å²) in [6, 6.07) is 4.32. The minimum Gasteiger partial charge on any atom is -0.467 e. The van der Waals surface area contributed by atoms with E-state index in [2.05, 4.69) is 10.6 Å². The molecule has 1 aromatic carbocycles. The number of benzene rings is 1. The number of halogens is 1. The minimum atomic E-state index is -1.32. The minimum absolute atomic E-state index is 0.116. The summed E-state index contributed by atoms with van der Waals surface area (Å²) >= 11 is 5.85. The molecule has 0 unspecified atom stereocenters. The highest BCUT2D eigenvalue weighted by molar-refractivity contribution is 6.30. The summed E-state index contributed by atoms with van der Waals surface area (Å²) in [6.07, 6.45) is -1.25. The first-order valence-electron chi connectivity index (χ1n) is 8.81. The van der Waals surface area contributed by atoms with Crippen LogP contribution in [0, 0.1) is 0 Å². The van der Waals surface area contributed by atoms with Gasteiger partial charge in [0.25, 0.3) is 0 Å². The second-order valence-electron chi connectivity index (χ2n) is 7.28. The number of primary amides is 1. The molecule has 4 N–H and O–H groups in total. The number of esters is 1. The second-order valence-corrected chi connectivity index (χ2v) is 7.72. The highest BCUT2D eigenvalue weighted by Gasteiger charge is 2.30. The highest BCUT2D eigenvalue weighted by atomic mass is 35.5. The van der Waals surface area contributed by atoms with Crippen LogP contribution < -0.4 is 16.4 Å². The number of alkyl carbamates (subject to hydrolysis) is 1. The fraction of sp³-hybridized carbons (Fsp3) is 0.474. The molecular formula is C19H26ClN3O6. The summed E-state index contributed by atoms with van der Waals surface area (Å²) in [7, 11) is 1.18. The molecule has 0 fully saturated rings. The van der Waals surface area contributed by atoms with E-state index in [0.29, 0.717) is 5.02 Å². The molecule has 0 aliphatic rings. The molecule has 1 aromatic rings. The molecule has 0 radical (unpaired) electrons. The van der Waals surface area contributed by atoms with Gasteiger partial charge in [0.15, 0.2) is 0 Å². The lowest BCUT2D eigenvalue weighted by molar-refractivity contribution is -0.145. The molecule has 0 heterocycles. The number of ether oxygens (including phenoxy) is 2. The molecular weight excluding hydrogens is 402 g/mol. The van der Waals surface area contributed by atoms with Crippen LogP contribution in [0.15, 0.2) is 24.3 Å². The largest absolute Gasteiger partial charge is 0.467 e. The summed E-state index contributed by atoms with van der Waals surface area (Å²) in [5.41, 5.74) is 5.09. The third-order valence-corrected chi connectivity index (χ3v) is 3.82. The maximum absolute atomic E-state index is 12.6. The van der Waals surface area contributed by atoms with Crippen molar-refractivity contribution in [3.05, 3.63) is 34.9 Å². The fourth-order valence-electron chi connectivity index (χ4n) is 2.32. The van der Waals surface area contributed by atoms with Crippen molar-refractivity contribution in [3.63, 3.8) is 0 Å². The van der Waals surface area contributed by atoms with E-state index in [1.54, 1.807) is 45.0 Å². The lowest BCUT2D eigenvalue weighted by Gasteiger charge is -2.24. The Hall–Kier alpha value is -2.81. The second kappa shape index (κ2) is 10.7. The van der Waals surface area contributed by atoms with E-state index >= 15 is 0 Å². The first kappa shape index (κ1) is 24.2. The van der Waals surface area contributed by atoms with Crippen LogP contribution in [0.5, 0.6) is 0 Å². The zero-order valence-corrected chi connectivity index (χ0v) is 17.5. The molecule has 2 atom stereocenters. The van der Waals surface area contributed by atoms with Crippen molar-refractivity contribution in [1.82, 2.24) is 10.6 Å². The molecule has 0 aliphatic carbocycles. The van der Waals surface area contributed by atoms with E-state index in [1.807, 2.05) is 0 Å². The number of rotatable bonds is 8. The monoisotopic (exact) mass is 427 g/mol. The van der Waals surface area contributed by atoms with Gasteiger partial charge in [-0.1, -0.05) is 23.7 Å². The van der Waals surface area contributed by atoms with E-state index in [0.717, 1.165) is 5.56 Å². The molecule has 29 heavy (non-hydrogen) atoms. The van der Waals surface area contributed by atoms with Gasteiger partial charge in [-0.3, -0.25) is 9.59 Å². The summed E-state index contributed by atoms with van der Waals surface area (Å²) in [6.45, 7) is 4.94. The van der Waals surface area contributed by atoms with E-state index in [-0.39, 0.29) is 6.42 Å². The van der Waals surface area contributed by atoms with Crippen LogP contribution in [-0.4, -0.2) is 48.7 Å². The molecule has 0 aromatic heterocycles. The van der Waals surface area contributed by atoms with E-state index in [1.165, 1.54) is 7.11 Å². The van der Waals surface area contributed by atoms with Crippen LogP contribution in [0.2, 0.25) is 5.02 Å².